The SMILES string of the molecule is CC(C)(C)[Si](OCCN1CCN(Cc2cc(F)cc(Br)c2)CC1)(c1ccccc1)c1ccccc1. The first-order chi connectivity index (χ1) is 16.8. The fraction of sp³-hybridized carbons (Fsp3) is 0.379. The van der Waals surface area contributed by atoms with Gasteiger partial charge < -0.3 is 4.43 Å². The molecule has 0 aromatic heterocycles. The lowest BCUT2D eigenvalue weighted by Gasteiger charge is -2.43. The molecular formula is C29H36BrFN2OSi. The molecule has 4 rings (SSSR count). The van der Waals surface area contributed by atoms with Gasteiger partial charge in [0.25, 0.3) is 8.32 Å². The third-order valence-electron chi connectivity index (χ3n) is 6.94. The smallest absolute Gasteiger partial charge is 0.261 e. The lowest BCUT2D eigenvalue weighted by molar-refractivity contribution is 0.111. The van der Waals surface area contributed by atoms with E-state index in [-0.39, 0.29) is 10.9 Å². The summed E-state index contributed by atoms with van der Waals surface area (Å²) >= 11 is 3.40. The zero-order valence-corrected chi connectivity index (χ0v) is 23.6. The van der Waals surface area contributed by atoms with Crippen LogP contribution in [-0.4, -0.2) is 57.4 Å². The van der Waals surface area contributed by atoms with Crippen LogP contribution in [0.5, 0.6) is 0 Å². The number of nitrogens with zero attached hydrogens (tertiary/aromatic N) is 2. The van der Waals surface area contributed by atoms with Crippen molar-refractivity contribution in [2.45, 2.75) is 32.4 Å². The van der Waals surface area contributed by atoms with Gasteiger partial charge in [-0.2, -0.15) is 0 Å². The minimum Gasteiger partial charge on any atom is -0.406 e. The second-order valence-electron chi connectivity index (χ2n) is 10.4. The van der Waals surface area contributed by atoms with Gasteiger partial charge in [0.15, 0.2) is 0 Å². The third-order valence-corrected chi connectivity index (χ3v) is 12.4. The molecular weight excluding hydrogens is 519 g/mol. The minimum atomic E-state index is -2.49. The van der Waals surface area contributed by atoms with Crippen LogP contribution in [0.2, 0.25) is 5.04 Å². The van der Waals surface area contributed by atoms with Gasteiger partial charge in [-0.1, -0.05) is 97.4 Å². The van der Waals surface area contributed by atoms with E-state index in [1.165, 1.54) is 16.4 Å². The van der Waals surface area contributed by atoms with E-state index >= 15 is 0 Å². The van der Waals surface area contributed by atoms with Gasteiger partial charge in [0.05, 0.1) is 0 Å². The fourth-order valence-electron chi connectivity index (χ4n) is 5.22. The van der Waals surface area contributed by atoms with Crippen molar-refractivity contribution in [2.75, 3.05) is 39.3 Å². The van der Waals surface area contributed by atoms with Crippen molar-refractivity contribution in [3.8, 4) is 0 Å². The Bertz CT molecular complexity index is 1020. The van der Waals surface area contributed by atoms with Crippen molar-refractivity contribution in [1.29, 1.82) is 0 Å². The van der Waals surface area contributed by atoms with E-state index in [1.54, 1.807) is 6.07 Å². The molecule has 6 heteroatoms. The van der Waals surface area contributed by atoms with Crippen molar-refractivity contribution < 1.29 is 8.82 Å². The summed E-state index contributed by atoms with van der Waals surface area (Å²) in [5, 5.41) is 2.64. The van der Waals surface area contributed by atoms with Crippen molar-refractivity contribution in [3.63, 3.8) is 0 Å². The third kappa shape index (κ3) is 6.30. The highest BCUT2D eigenvalue weighted by Gasteiger charge is 2.50. The Hall–Kier alpha value is -1.83. The standard InChI is InChI=1S/C29H36BrFN2OSi/c1-29(2,3)35(27-10-6-4-7-11-27,28-12-8-5-9-13-28)34-19-18-32-14-16-33(17-15-32)23-24-20-25(30)22-26(31)21-24/h4-13,20-22H,14-19,23H2,1-3H3. The quantitative estimate of drug-likeness (QED) is 0.352. The maximum atomic E-state index is 13.7. The Kier molecular flexibility index (Phi) is 8.61. The summed E-state index contributed by atoms with van der Waals surface area (Å²) in [4.78, 5) is 4.90. The van der Waals surface area contributed by atoms with E-state index in [2.05, 4.69) is 107 Å². The number of rotatable bonds is 8. The largest absolute Gasteiger partial charge is 0.406 e. The molecule has 0 spiro atoms. The summed E-state index contributed by atoms with van der Waals surface area (Å²) in [6, 6.07) is 26.8. The number of hydrogen-bond donors (Lipinski definition) is 0. The predicted molar refractivity (Wildman–Crippen MR) is 149 cm³/mol. The average Bonchev–Trinajstić information content (AvgIpc) is 2.83. The molecule has 1 fully saturated rings. The van der Waals surface area contributed by atoms with E-state index in [1.807, 2.05) is 6.07 Å². The summed E-state index contributed by atoms with van der Waals surface area (Å²) in [5.41, 5.74) is 1.01. The summed E-state index contributed by atoms with van der Waals surface area (Å²) < 4.78 is 21.6. The number of hydrogen-bond acceptors (Lipinski definition) is 3. The molecule has 1 aliphatic rings. The van der Waals surface area contributed by atoms with Crippen molar-refractivity contribution >= 4 is 34.6 Å². The second-order valence-corrected chi connectivity index (χ2v) is 15.6. The first-order valence-corrected chi connectivity index (χ1v) is 15.1. The van der Waals surface area contributed by atoms with Crippen LogP contribution in [0.25, 0.3) is 0 Å². The molecule has 3 aromatic carbocycles. The van der Waals surface area contributed by atoms with E-state index in [4.69, 9.17) is 4.43 Å². The van der Waals surface area contributed by atoms with Crippen molar-refractivity contribution in [1.82, 2.24) is 9.80 Å². The molecule has 0 N–H and O–H groups in total. The van der Waals surface area contributed by atoms with Gasteiger partial charge in [0.2, 0.25) is 0 Å². The summed E-state index contributed by atoms with van der Waals surface area (Å²) in [7, 11) is -2.49. The summed E-state index contributed by atoms with van der Waals surface area (Å²) in [6.45, 7) is 13.3. The average molecular weight is 556 g/mol. The molecule has 1 aliphatic heterocycles. The molecule has 0 unspecified atom stereocenters. The second kappa shape index (κ2) is 11.5. The molecule has 1 heterocycles. The molecule has 3 aromatic rings. The zero-order chi connectivity index (χ0) is 24.9. The van der Waals surface area contributed by atoms with Gasteiger partial charge in [-0.05, 0) is 39.2 Å². The van der Waals surface area contributed by atoms with Crippen LogP contribution in [0, 0.1) is 5.82 Å². The molecule has 0 radical (unpaired) electrons. The van der Waals surface area contributed by atoms with Crippen LogP contribution in [0.3, 0.4) is 0 Å². The zero-order valence-electron chi connectivity index (χ0n) is 21.0. The maximum Gasteiger partial charge on any atom is 0.261 e. The molecule has 0 saturated carbocycles. The lowest BCUT2D eigenvalue weighted by atomic mass is 10.2. The monoisotopic (exact) mass is 554 g/mol. The van der Waals surface area contributed by atoms with Gasteiger partial charge in [0.1, 0.15) is 5.82 Å². The Morgan fingerprint density at radius 3 is 1.89 bits per heavy atom. The molecule has 1 saturated heterocycles. The Labute approximate surface area is 219 Å². The van der Waals surface area contributed by atoms with E-state index in [9.17, 15) is 4.39 Å². The van der Waals surface area contributed by atoms with Gasteiger partial charge in [0, 0.05) is 50.3 Å². The van der Waals surface area contributed by atoms with Crippen LogP contribution >= 0.6 is 15.9 Å². The van der Waals surface area contributed by atoms with Gasteiger partial charge in [-0.15, -0.1) is 0 Å². The minimum absolute atomic E-state index is 0.00631. The molecule has 0 aliphatic carbocycles. The van der Waals surface area contributed by atoms with E-state index < -0.39 is 8.32 Å². The Morgan fingerprint density at radius 2 is 1.37 bits per heavy atom. The predicted octanol–water partition coefficient (Wildman–Crippen LogP) is 5.28. The highest BCUT2D eigenvalue weighted by Crippen LogP contribution is 2.36. The number of benzene rings is 3. The maximum absolute atomic E-state index is 13.7. The normalized spacial score (nSPS) is 15.9. The fourth-order valence-corrected chi connectivity index (χ4v) is 10.3. The highest BCUT2D eigenvalue weighted by molar-refractivity contribution is 9.10. The lowest BCUT2D eigenvalue weighted by Crippen LogP contribution is -2.67. The van der Waals surface area contributed by atoms with Gasteiger partial charge >= 0.3 is 0 Å². The Morgan fingerprint density at radius 1 is 0.829 bits per heavy atom. The van der Waals surface area contributed by atoms with Crippen LogP contribution in [0.15, 0.2) is 83.3 Å². The molecule has 186 valence electrons. The Balaban J connectivity index is 1.41. The number of piperazine rings is 1. The van der Waals surface area contributed by atoms with Crippen molar-refractivity contribution in [3.05, 3.63) is 94.7 Å². The molecule has 0 amide bonds. The van der Waals surface area contributed by atoms with E-state index in [0.717, 1.165) is 49.3 Å². The topological polar surface area (TPSA) is 15.7 Å². The molecule has 0 bridgehead atoms. The van der Waals surface area contributed by atoms with Crippen molar-refractivity contribution in [2.24, 2.45) is 0 Å². The summed E-state index contributed by atoms with van der Waals surface area (Å²) in [5.74, 6) is -0.187. The molecule has 0 atom stereocenters. The first kappa shape index (κ1) is 26.2. The van der Waals surface area contributed by atoms with Crippen LogP contribution in [0.1, 0.15) is 26.3 Å². The van der Waals surface area contributed by atoms with Gasteiger partial charge in [-0.25, -0.2) is 4.39 Å². The summed E-state index contributed by atoms with van der Waals surface area (Å²) in [6.07, 6.45) is 0. The molecule has 3 nitrogen and oxygen atoms in total. The van der Waals surface area contributed by atoms with Crippen LogP contribution in [0.4, 0.5) is 4.39 Å². The highest BCUT2D eigenvalue weighted by atomic mass is 79.9. The number of halogens is 2. The first-order valence-electron chi connectivity index (χ1n) is 12.4. The molecule has 35 heavy (non-hydrogen) atoms. The van der Waals surface area contributed by atoms with E-state index in [0.29, 0.717) is 6.61 Å². The van der Waals surface area contributed by atoms with Crippen LogP contribution in [-0.2, 0) is 11.0 Å². The van der Waals surface area contributed by atoms with Gasteiger partial charge in [-0.3, -0.25) is 9.80 Å². The van der Waals surface area contributed by atoms with Crippen LogP contribution < -0.4 is 10.4 Å².